The van der Waals surface area contributed by atoms with Crippen molar-refractivity contribution in [3.63, 3.8) is 0 Å². The summed E-state index contributed by atoms with van der Waals surface area (Å²) in [5.41, 5.74) is 7.34. The predicted molar refractivity (Wildman–Crippen MR) is 88.9 cm³/mol. The number of nitrogens with two attached hydrogens (primary N) is 1. The molecule has 110 valence electrons. The number of thiocarbonyl (C=S) groups is 1. The first-order valence-corrected chi connectivity index (χ1v) is 7.54. The quantitative estimate of drug-likeness (QED) is 0.589. The Morgan fingerprint density at radius 2 is 1.90 bits per heavy atom. The molecule has 0 aliphatic heterocycles. The Bertz CT molecular complexity index is 665. The number of benzene rings is 2. The summed E-state index contributed by atoms with van der Waals surface area (Å²) in [6.07, 6.45) is 0. The number of thioether (sulfide) groups is 1. The molecule has 0 spiro atoms. The molecule has 7 heteroatoms. The Morgan fingerprint density at radius 3 is 2.52 bits per heavy atom. The van der Waals surface area contributed by atoms with Crippen LogP contribution in [0.1, 0.15) is 5.56 Å². The lowest BCUT2D eigenvalue weighted by molar-refractivity contribution is 0.252. The van der Waals surface area contributed by atoms with Crippen LogP contribution in [0.2, 0.25) is 5.02 Å². The molecule has 0 heterocycles. The van der Waals surface area contributed by atoms with Crippen LogP contribution in [-0.4, -0.2) is 10.7 Å². The van der Waals surface area contributed by atoms with Gasteiger partial charge in [0.1, 0.15) is 4.99 Å². The molecule has 3 N–H and O–H groups in total. The normalized spacial score (nSPS) is 10.7. The number of nitrogens with one attached hydrogen (secondary N) is 1. The van der Waals surface area contributed by atoms with Crippen molar-refractivity contribution in [2.24, 2.45) is 5.73 Å². The minimum absolute atomic E-state index is 0.247. The summed E-state index contributed by atoms with van der Waals surface area (Å²) >= 11 is 11.5. The standard InChI is InChI=1S/C14H11ClF2N2S2/c15-9-7-8(13(18)20)5-6-10(9)19-11-3-1-2-4-12(11)21-14(16)17/h1-7,14,19H,(H2,18,20). The molecular weight excluding hydrogens is 334 g/mol. The molecule has 2 aromatic carbocycles. The topological polar surface area (TPSA) is 38.0 Å². The summed E-state index contributed by atoms with van der Waals surface area (Å²) in [5, 5.41) is 3.46. The van der Waals surface area contributed by atoms with E-state index in [4.69, 9.17) is 29.6 Å². The van der Waals surface area contributed by atoms with Crippen LogP contribution in [0.25, 0.3) is 0 Å². The smallest absolute Gasteiger partial charge is 0.288 e. The number of anilines is 2. The molecule has 2 nitrogen and oxygen atoms in total. The zero-order valence-electron chi connectivity index (χ0n) is 10.6. The van der Waals surface area contributed by atoms with Gasteiger partial charge in [-0.3, -0.25) is 0 Å². The largest absolute Gasteiger partial charge is 0.389 e. The number of hydrogen-bond donors (Lipinski definition) is 2. The second-order valence-electron chi connectivity index (χ2n) is 4.06. The lowest BCUT2D eigenvalue weighted by Crippen LogP contribution is -2.09. The third-order valence-corrected chi connectivity index (χ3v) is 3.96. The SMILES string of the molecule is NC(=S)c1ccc(Nc2ccccc2SC(F)F)c(Cl)c1. The molecule has 0 bridgehead atoms. The third kappa shape index (κ3) is 4.30. The van der Waals surface area contributed by atoms with E-state index in [1.165, 1.54) is 0 Å². The van der Waals surface area contributed by atoms with Crippen molar-refractivity contribution < 1.29 is 8.78 Å². The fourth-order valence-electron chi connectivity index (χ4n) is 1.68. The molecule has 0 atom stereocenters. The van der Waals surface area contributed by atoms with Crippen LogP contribution in [0.15, 0.2) is 47.4 Å². The molecule has 2 rings (SSSR count). The van der Waals surface area contributed by atoms with Crippen LogP contribution >= 0.6 is 35.6 Å². The van der Waals surface area contributed by atoms with E-state index in [-0.39, 0.29) is 4.99 Å². The minimum atomic E-state index is -2.49. The second-order valence-corrected chi connectivity index (χ2v) is 5.94. The Kier molecular flexibility index (Phi) is 5.39. The highest BCUT2D eigenvalue weighted by atomic mass is 35.5. The van der Waals surface area contributed by atoms with Crippen LogP contribution in [0, 0.1) is 0 Å². The van der Waals surface area contributed by atoms with Gasteiger partial charge in [-0.1, -0.05) is 47.7 Å². The monoisotopic (exact) mass is 344 g/mol. The highest BCUT2D eigenvalue weighted by Gasteiger charge is 2.11. The Hall–Kier alpha value is -1.37. The summed E-state index contributed by atoms with van der Waals surface area (Å²) in [5.74, 6) is -2.49. The predicted octanol–water partition coefficient (Wildman–Crippen LogP) is 5.03. The van der Waals surface area contributed by atoms with E-state index in [2.05, 4.69) is 5.32 Å². The van der Waals surface area contributed by atoms with E-state index in [1.807, 2.05) is 0 Å². The van der Waals surface area contributed by atoms with Gasteiger partial charge in [0.05, 0.1) is 16.4 Å². The average Bonchev–Trinajstić information content (AvgIpc) is 2.42. The number of halogens is 3. The molecule has 0 aliphatic carbocycles. The van der Waals surface area contributed by atoms with Crippen molar-refractivity contribution >= 4 is 51.9 Å². The van der Waals surface area contributed by atoms with Crippen LogP contribution < -0.4 is 11.1 Å². The molecule has 0 unspecified atom stereocenters. The molecule has 0 aliphatic rings. The maximum atomic E-state index is 12.5. The molecule has 21 heavy (non-hydrogen) atoms. The van der Waals surface area contributed by atoms with Gasteiger partial charge < -0.3 is 11.1 Å². The first-order valence-electron chi connectivity index (χ1n) is 5.87. The Morgan fingerprint density at radius 1 is 1.19 bits per heavy atom. The molecular formula is C14H11ClF2N2S2. The van der Waals surface area contributed by atoms with Gasteiger partial charge in [-0.2, -0.15) is 8.78 Å². The minimum Gasteiger partial charge on any atom is -0.389 e. The van der Waals surface area contributed by atoms with Gasteiger partial charge in [0.2, 0.25) is 0 Å². The van der Waals surface area contributed by atoms with Crippen LogP contribution in [0.5, 0.6) is 0 Å². The van der Waals surface area contributed by atoms with Gasteiger partial charge in [-0.15, -0.1) is 0 Å². The molecule has 0 radical (unpaired) electrons. The van der Waals surface area contributed by atoms with Gasteiger partial charge in [-0.25, -0.2) is 0 Å². The lowest BCUT2D eigenvalue weighted by atomic mass is 10.2. The van der Waals surface area contributed by atoms with E-state index < -0.39 is 5.76 Å². The van der Waals surface area contributed by atoms with E-state index in [0.717, 1.165) is 0 Å². The van der Waals surface area contributed by atoms with Gasteiger partial charge in [-0.05, 0) is 30.3 Å². The summed E-state index contributed by atoms with van der Waals surface area (Å²) in [7, 11) is 0. The molecule has 0 saturated carbocycles. The van der Waals surface area contributed by atoms with Crippen LogP contribution in [0.3, 0.4) is 0 Å². The van der Waals surface area contributed by atoms with Gasteiger partial charge >= 0.3 is 0 Å². The highest BCUT2D eigenvalue weighted by molar-refractivity contribution is 7.99. The Labute approximate surface area is 135 Å². The molecule has 0 fully saturated rings. The average molecular weight is 345 g/mol. The van der Waals surface area contributed by atoms with Gasteiger partial charge in [0.25, 0.3) is 5.76 Å². The first-order chi connectivity index (χ1) is 9.97. The summed E-state index contributed by atoms with van der Waals surface area (Å²) in [6.45, 7) is 0. The van der Waals surface area contributed by atoms with Crippen molar-refractivity contribution in [1.29, 1.82) is 0 Å². The van der Waals surface area contributed by atoms with Gasteiger partial charge in [0.15, 0.2) is 0 Å². The summed E-state index contributed by atoms with van der Waals surface area (Å²) < 4.78 is 25.1. The Balaban J connectivity index is 2.28. The van der Waals surface area contributed by atoms with E-state index in [9.17, 15) is 8.78 Å². The zero-order valence-corrected chi connectivity index (χ0v) is 13.0. The van der Waals surface area contributed by atoms with E-state index in [0.29, 0.717) is 38.6 Å². The molecule has 0 saturated heterocycles. The maximum Gasteiger partial charge on any atom is 0.288 e. The number of hydrogen-bond acceptors (Lipinski definition) is 3. The van der Waals surface area contributed by atoms with Crippen LogP contribution in [-0.2, 0) is 0 Å². The van der Waals surface area contributed by atoms with Crippen molar-refractivity contribution in [2.75, 3.05) is 5.32 Å². The zero-order chi connectivity index (χ0) is 15.4. The molecule has 2 aromatic rings. The number of para-hydroxylation sites is 1. The summed E-state index contributed by atoms with van der Waals surface area (Å²) in [4.78, 5) is 0.694. The fraction of sp³-hybridized carbons (Fsp3) is 0.0714. The van der Waals surface area contributed by atoms with E-state index >= 15 is 0 Å². The van der Waals surface area contributed by atoms with Crippen molar-refractivity contribution in [2.45, 2.75) is 10.7 Å². The van der Waals surface area contributed by atoms with Gasteiger partial charge in [0, 0.05) is 10.5 Å². The van der Waals surface area contributed by atoms with Crippen molar-refractivity contribution in [1.82, 2.24) is 0 Å². The van der Waals surface area contributed by atoms with E-state index in [1.54, 1.807) is 42.5 Å². The van der Waals surface area contributed by atoms with Crippen molar-refractivity contribution in [3.8, 4) is 0 Å². The number of rotatable bonds is 5. The lowest BCUT2D eigenvalue weighted by Gasteiger charge is -2.13. The third-order valence-electron chi connectivity index (χ3n) is 2.63. The van der Waals surface area contributed by atoms with Crippen molar-refractivity contribution in [3.05, 3.63) is 53.1 Å². The molecule has 0 aromatic heterocycles. The highest BCUT2D eigenvalue weighted by Crippen LogP contribution is 2.35. The van der Waals surface area contributed by atoms with Crippen LogP contribution in [0.4, 0.5) is 20.2 Å². The first kappa shape index (κ1) is 16.0. The second kappa shape index (κ2) is 7.06. The number of alkyl halides is 2. The maximum absolute atomic E-state index is 12.5. The summed E-state index contributed by atoms with van der Waals surface area (Å²) in [6, 6.07) is 11.9. The fourth-order valence-corrected chi connectivity index (χ4v) is 2.63. The molecule has 0 amide bonds.